The Morgan fingerprint density at radius 2 is 2.10 bits per heavy atom. The van der Waals surface area contributed by atoms with Crippen molar-refractivity contribution in [3.05, 3.63) is 42.1 Å². The molecule has 2 aromatic rings. The van der Waals surface area contributed by atoms with Crippen molar-refractivity contribution in [2.75, 3.05) is 6.61 Å². The van der Waals surface area contributed by atoms with E-state index in [0.717, 1.165) is 35.9 Å². The van der Waals surface area contributed by atoms with Gasteiger partial charge in [-0.25, -0.2) is 0 Å². The Bertz CT molecular complexity index is 590. The number of pyridine rings is 1. The predicted molar refractivity (Wildman–Crippen MR) is 81.5 cm³/mol. The first-order valence-electron chi connectivity index (χ1n) is 7.49. The standard InChI is InChI=1S/C17H22N2O/c1-2-20-17(9-3-4-10-17)16(18)14-8-7-13-6-5-11-19-15(13)12-14/h5-8,11-12,16H,2-4,9-10,18H2,1H3. The van der Waals surface area contributed by atoms with Gasteiger partial charge in [-0.1, -0.05) is 31.0 Å². The highest BCUT2D eigenvalue weighted by Crippen LogP contribution is 2.42. The maximum absolute atomic E-state index is 6.56. The van der Waals surface area contributed by atoms with Crippen LogP contribution in [0.3, 0.4) is 0 Å². The minimum atomic E-state index is -0.183. The Balaban J connectivity index is 1.96. The molecule has 0 saturated heterocycles. The Labute approximate surface area is 120 Å². The van der Waals surface area contributed by atoms with Gasteiger partial charge in [-0.2, -0.15) is 0 Å². The molecule has 0 radical (unpaired) electrons. The summed E-state index contributed by atoms with van der Waals surface area (Å²) in [6, 6.07) is 10.3. The van der Waals surface area contributed by atoms with E-state index in [9.17, 15) is 0 Å². The molecule has 106 valence electrons. The molecule has 1 aromatic carbocycles. The fourth-order valence-electron chi connectivity index (χ4n) is 3.39. The molecule has 0 amide bonds. The first kappa shape index (κ1) is 13.5. The maximum Gasteiger partial charge on any atom is 0.0874 e. The van der Waals surface area contributed by atoms with E-state index in [-0.39, 0.29) is 11.6 Å². The van der Waals surface area contributed by atoms with Gasteiger partial charge in [0.1, 0.15) is 0 Å². The first-order valence-corrected chi connectivity index (χ1v) is 7.49. The van der Waals surface area contributed by atoms with Crippen LogP contribution in [0, 0.1) is 0 Å². The number of rotatable bonds is 4. The van der Waals surface area contributed by atoms with Crippen LogP contribution in [0.25, 0.3) is 10.9 Å². The van der Waals surface area contributed by atoms with Crippen molar-refractivity contribution >= 4 is 10.9 Å². The zero-order valence-corrected chi connectivity index (χ0v) is 12.0. The Kier molecular flexibility index (Phi) is 3.72. The second-order valence-corrected chi connectivity index (χ2v) is 5.64. The number of nitrogens with two attached hydrogens (primary N) is 1. The largest absolute Gasteiger partial charge is 0.373 e. The van der Waals surface area contributed by atoms with Gasteiger partial charge in [0.2, 0.25) is 0 Å². The van der Waals surface area contributed by atoms with Crippen molar-refractivity contribution in [2.45, 2.75) is 44.2 Å². The average molecular weight is 270 g/mol. The topological polar surface area (TPSA) is 48.1 Å². The summed E-state index contributed by atoms with van der Waals surface area (Å²) in [6.07, 6.45) is 6.36. The van der Waals surface area contributed by atoms with E-state index >= 15 is 0 Å². The lowest BCUT2D eigenvalue weighted by Crippen LogP contribution is -2.41. The number of ether oxygens (including phenoxy) is 1. The smallest absolute Gasteiger partial charge is 0.0874 e. The Morgan fingerprint density at radius 1 is 1.30 bits per heavy atom. The van der Waals surface area contributed by atoms with Gasteiger partial charge in [0.05, 0.1) is 17.2 Å². The summed E-state index contributed by atoms with van der Waals surface area (Å²) in [4.78, 5) is 4.42. The van der Waals surface area contributed by atoms with Gasteiger partial charge < -0.3 is 10.5 Å². The minimum absolute atomic E-state index is 0.0728. The summed E-state index contributed by atoms with van der Waals surface area (Å²) < 4.78 is 6.07. The van der Waals surface area contributed by atoms with Gasteiger partial charge in [0, 0.05) is 18.2 Å². The number of nitrogens with zero attached hydrogens (tertiary/aromatic N) is 1. The lowest BCUT2D eigenvalue weighted by Gasteiger charge is -2.35. The van der Waals surface area contributed by atoms with Crippen molar-refractivity contribution in [1.82, 2.24) is 4.98 Å². The molecule has 1 saturated carbocycles. The minimum Gasteiger partial charge on any atom is -0.373 e. The zero-order chi connectivity index (χ0) is 14.0. The maximum atomic E-state index is 6.56. The molecule has 1 fully saturated rings. The van der Waals surface area contributed by atoms with Gasteiger partial charge in [-0.05, 0) is 37.5 Å². The molecule has 1 heterocycles. The van der Waals surface area contributed by atoms with E-state index in [4.69, 9.17) is 10.5 Å². The van der Waals surface area contributed by atoms with Crippen LogP contribution >= 0.6 is 0 Å². The molecule has 3 nitrogen and oxygen atoms in total. The van der Waals surface area contributed by atoms with Crippen LogP contribution in [-0.4, -0.2) is 17.2 Å². The summed E-state index contributed by atoms with van der Waals surface area (Å²) in [5, 5.41) is 1.15. The zero-order valence-electron chi connectivity index (χ0n) is 12.0. The molecule has 1 unspecified atom stereocenters. The third kappa shape index (κ3) is 2.32. The molecule has 3 rings (SSSR count). The van der Waals surface area contributed by atoms with Crippen molar-refractivity contribution < 1.29 is 4.74 Å². The molecule has 0 aliphatic heterocycles. The molecule has 0 spiro atoms. The second kappa shape index (κ2) is 5.51. The molecule has 20 heavy (non-hydrogen) atoms. The third-order valence-electron chi connectivity index (χ3n) is 4.44. The molecule has 0 bridgehead atoms. The molecule has 1 atom stereocenters. The fraction of sp³-hybridized carbons (Fsp3) is 0.471. The number of benzene rings is 1. The number of hydrogen-bond acceptors (Lipinski definition) is 3. The van der Waals surface area contributed by atoms with Gasteiger partial charge in [0.25, 0.3) is 0 Å². The van der Waals surface area contributed by atoms with Crippen LogP contribution in [0.1, 0.15) is 44.2 Å². The van der Waals surface area contributed by atoms with Crippen molar-refractivity contribution in [3.63, 3.8) is 0 Å². The highest BCUT2D eigenvalue weighted by atomic mass is 16.5. The molecule has 1 aliphatic rings. The summed E-state index contributed by atoms with van der Waals surface area (Å²) in [6.45, 7) is 2.77. The number of fused-ring (bicyclic) bond motifs is 1. The van der Waals surface area contributed by atoms with Crippen molar-refractivity contribution in [2.24, 2.45) is 5.73 Å². The monoisotopic (exact) mass is 270 g/mol. The molecular formula is C17H22N2O. The van der Waals surface area contributed by atoms with E-state index in [2.05, 4.69) is 36.2 Å². The first-order chi connectivity index (χ1) is 9.75. The highest BCUT2D eigenvalue weighted by Gasteiger charge is 2.41. The summed E-state index contributed by atoms with van der Waals surface area (Å²) in [7, 11) is 0. The van der Waals surface area contributed by atoms with Crippen LogP contribution in [-0.2, 0) is 4.74 Å². The Hall–Kier alpha value is -1.45. The van der Waals surface area contributed by atoms with E-state index in [1.54, 1.807) is 0 Å². The van der Waals surface area contributed by atoms with E-state index < -0.39 is 0 Å². The second-order valence-electron chi connectivity index (χ2n) is 5.64. The van der Waals surface area contributed by atoms with Crippen LogP contribution in [0.15, 0.2) is 36.5 Å². The van der Waals surface area contributed by atoms with E-state index in [0.29, 0.717) is 0 Å². The van der Waals surface area contributed by atoms with Gasteiger partial charge in [-0.15, -0.1) is 0 Å². The third-order valence-corrected chi connectivity index (χ3v) is 4.44. The predicted octanol–water partition coefficient (Wildman–Crippen LogP) is 3.58. The summed E-state index contributed by atoms with van der Waals surface area (Å²) in [5.41, 5.74) is 8.51. The van der Waals surface area contributed by atoms with E-state index in [1.165, 1.54) is 12.8 Å². The van der Waals surface area contributed by atoms with Crippen LogP contribution < -0.4 is 5.73 Å². The van der Waals surface area contributed by atoms with Gasteiger partial charge in [-0.3, -0.25) is 4.98 Å². The number of aromatic nitrogens is 1. The quantitative estimate of drug-likeness (QED) is 0.923. The normalized spacial score (nSPS) is 19.3. The van der Waals surface area contributed by atoms with Gasteiger partial charge >= 0.3 is 0 Å². The van der Waals surface area contributed by atoms with Crippen LogP contribution in [0.4, 0.5) is 0 Å². The summed E-state index contributed by atoms with van der Waals surface area (Å²) >= 11 is 0. The fourth-order valence-corrected chi connectivity index (χ4v) is 3.39. The lowest BCUT2D eigenvalue weighted by atomic mass is 9.87. The Morgan fingerprint density at radius 3 is 2.85 bits per heavy atom. The van der Waals surface area contributed by atoms with Crippen molar-refractivity contribution in [1.29, 1.82) is 0 Å². The number of hydrogen-bond donors (Lipinski definition) is 1. The molecular weight excluding hydrogens is 248 g/mol. The SMILES string of the molecule is CCOC1(C(N)c2ccc3cccnc3c2)CCCC1. The lowest BCUT2D eigenvalue weighted by molar-refractivity contribution is -0.0536. The van der Waals surface area contributed by atoms with Gasteiger partial charge in [0.15, 0.2) is 0 Å². The van der Waals surface area contributed by atoms with Crippen LogP contribution in [0.5, 0.6) is 0 Å². The van der Waals surface area contributed by atoms with Crippen molar-refractivity contribution in [3.8, 4) is 0 Å². The highest BCUT2D eigenvalue weighted by molar-refractivity contribution is 5.79. The molecule has 2 N–H and O–H groups in total. The molecule has 1 aromatic heterocycles. The molecule has 1 aliphatic carbocycles. The van der Waals surface area contributed by atoms with Crippen LogP contribution in [0.2, 0.25) is 0 Å². The molecule has 3 heteroatoms. The van der Waals surface area contributed by atoms with E-state index in [1.807, 2.05) is 12.3 Å². The summed E-state index contributed by atoms with van der Waals surface area (Å²) in [5.74, 6) is 0. The average Bonchev–Trinajstić information content (AvgIpc) is 2.96.